The van der Waals surface area contributed by atoms with E-state index in [1.54, 1.807) is 0 Å². The van der Waals surface area contributed by atoms with Crippen molar-refractivity contribution in [2.24, 2.45) is 17.6 Å². The van der Waals surface area contributed by atoms with Gasteiger partial charge in [0.05, 0.1) is 11.1 Å². The smallest absolute Gasteiger partial charge is 0.249 e. The number of pyridine rings is 1. The van der Waals surface area contributed by atoms with Gasteiger partial charge in [-0.1, -0.05) is 18.2 Å². The van der Waals surface area contributed by atoms with Gasteiger partial charge in [-0.25, -0.2) is 4.98 Å². The van der Waals surface area contributed by atoms with Crippen molar-refractivity contribution in [3.8, 4) is 0 Å². The molecule has 1 saturated heterocycles. The Balaban J connectivity index is 1.82. The van der Waals surface area contributed by atoms with E-state index in [9.17, 15) is 4.79 Å². The second kappa shape index (κ2) is 4.20. The molecule has 1 amide bonds. The van der Waals surface area contributed by atoms with Crippen LogP contribution in [0.3, 0.4) is 0 Å². The molecule has 2 heterocycles. The summed E-state index contributed by atoms with van der Waals surface area (Å²) in [6.45, 7) is 2.13. The summed E-state index contributed by atoms with van der Waals surface area (Å²) in [6, 6.07) is 9.55. The number of benzene rings is 1. The molecule has 1 aliphatic heterocycles. The fourth-order valence-electron chi connectivity index (χ4n) is 3.47. The number of primary amides is 1. The highest BCUT2D eigenvalue weighted by atomic mass is 16.1. The lowest BCUT2D eigenvalue weighted by Crippen LogP contribution is -2.22. The number of aromatic nitrogens is 1. The van der Waals surface area contributed by atoms with Crippen LogP contribution in [0.25, 0.3) is 10.9 Å². The van der Waals surface area contributed by atoms with E-state index in [0.717, 1.165) is 41.6 Å². The van der Waals surface area contributed by atoms with E-state index in [0.29, 0.717) is 5.56 Å². The van der Waals surface area contributed by atoms with Crippen LogP contribution in [0.5, 0.6) is 0 Å². The van der Waals surface area contributed by atoms with E-state index in [1.165, 1.54) is 12.8 Å². The predicted molar refractivity (Wildman–Crippen MR) is 78.7 cm³/mol. The van der Waals surface area contributed by atoms with Gasteiger partial charge in [0.15, 0.2) is 0 Å². The number of hydrogen-bond donors (Lipinski definition) is 1. The third-order valence-electron chi connectivity index (χ3n) is 4.78. The second-order valence-corrected chi connectivity index (χ2v) is 5.91. The molecule has 4 heteroatoms. The van der Waals surface area contributed by atoms with E-state index in [-0.39, 0.29) is 5.91 Å². The maximum absolute atomic E-state index is 11.7. The third-order valence-corrected chi connectivity index (χ3v) is 4.78. The normalized spacial score (nSPS) is 24.5. The molecule has 2 atom stereocenters. The number of fused-ring (bicyclic) bond motifs is 2. The van der Waals surface area contributed by atoms with Gasteiger partial charge >= 0.3 is 0 Å². The number of nitrogens with two attached hydrogens (primary N) is 1. The van der Waals surface area contributed by atoms with Crippen LogP contribution in [0, 0.1) is 11.8 Å². The molecule has 0 radical (unpaired) electrons. The molecule has 2 fully saturated rings. The van der Waals surface area contributed by atoms with Crippen LogP contribution >= 0.6 is 0 Å². The van der Waals surface area contributed by atoms with Crippen molar-refractivity contribution < 1.29 is 4.79 Å². The molecular weight excluding hydrogens is 250 g/mol. The number of rotatable bonds is 2. The maximum atomic E-state index is 11.7. The van der Waals surface area contributed by atoms with Crippen LogP contribution < -0.4 is 10.6 Å². The third kappa shape index (κ3) is 1.68. The van der Waals surface area contributed by atoms with Crippen molar-refractivity contribution in [3.05, 3.63) is 35.9 Å². The van der Waals surface area contributed by atoms with Crippen molar-refractivity contribution in [2.75, 3.05) is 18.0 Å². The van der Waals surface area contributed by atoms with Gasteiger partial charge in [0.2, 0.25) is 5.91 Å². The molecule has 1 aromatic heterocycles. The predicted octanol–water partition coefficient (Wildman–Crippen LogP) is 2.18. The average molecular weight is 267 g/mol. The molecule has 20 heavy (non-hydrogen) atoms. The Kier molecular flexibility index (Phi) is 2.46. The van der Waals surface area contributed by atoms with Gasteiger partial charge in [0, 0.05) is 18.5 Å². The SMILES string of the molecule is NC(=O)c1cc(N2C[C@H]3CC[C@H]3C2)nc2ccccc12. The molecule has 0 spiro atoms. The number of hydrogen-bond acceptors (Lipinski definition) is 3. The summed E-state index contributed by atoms with van der Waals surface area (Å²) in [7, 11) is 0. The molecule has 0 unspecified atom stereocenters. The minimum absolute atomic E-state index is 0.382. The van der Waals surface area contributed by atoms with Gasteiger partial charge in [-0.2, -0.15) is 0 Å². The van der Waals surface area contributed by atoms with E-state index in [1.807, 2.05) is 30.3 Å². The lowest BCUT2D eigenvalue weighted by atomic mass is 9.77. The Hall–Kier alpha value is -2.10. The first-order valence-electron chi connectivity index (χ1n) is 7.17. The fourth-order valence-corrected chi connectivity index (χ4v) is 3.47. The molecular formula is C16H17N3O. The molecule has 4 nitrogen and oxygen atoms in total. The van der Waals surface area contributed by atoms with E-state index in [4.69, 9.17) is 10.7 Å². The summed E-state index contributed by atoms with van der Waals surface area (Å²) in [5, 5.41) is 0.839. The Morgan fingerprint density at radius 3 is 2.55 bits per heavy atom. The first-order valence-corrected chi connectivity index (χ1v) is 7.17. The topological polar surface area (TPSA) is 59.2 Å². The quantitative estimate of drug-likeness (QED) is 0.907. The van der Waals surface area contributed by atoms with Crippen LogP contribution in [-0.2, 0) is 0 Å². The Labute approximate surface area is 117 Å². The van der Waals surface area contributed by atoms with Crippen LogP contribution in [0.4, 0.5) is 5.82 Å². The summed E-state index contributed by atoms with van der Waals surface area (Å²) in [6.07, 6.45) is 2.66. The number of carbonyl (C=O) groups is 1. The van der Waals surface area contributed by atoms with Crippen molar-refractivity contribution in [1.29, 1.82) is 0 Å². The largest absolute Gasteiger partial charge is 0.366 e. The van der Waals surface area contributed by atoms with Crippen LogP contribution in [0.2, 0.25) is 0 Å². The zero-order valence-electron chi connectivity index (χ0n) is 11.2. The Bertz CT molecular complexity index is 685. The molecule has 2 N–H and O–H groups in total. The average Bonchev–Trinajstić information content (AvgIpc) is 2.73. The number of amides is 1. The van der Waals surface area contributed by atoms with Crippen molar-refractivity contribution in [1.82, 2.24) is 4.98 Å². The number of carbonyl (C=O) groups excluding carboxylic acids is 1. The molecule has 4 rings (SSSR count). The Morgan fingerprint density at radius 1 is 1.20 bits per heavy atom. The standard InChI is InChI=1S/C16H17N3O/c17-16(20)13-7-15(18-14-4-2-1-3-12(13)14)19-8-10-5-6-11(10)9-19/h1-4,7,10-11H,5-6,8-9H2,(H2,17,20)/t10-,11+. The van der Waals surface area contributed by atoms with Gasteiger partial charge in [-0.15, -0.1) is 0 Å². The number of nitrogens with zero attached hydrogens (tertiary/aromatic N) is 2. The number of anilines is 1. The summed E-state index contributed by atoms with van der Waals surface area (Å²) < 4.78 is 0. The zero-order chi connectivity index (χ0) is 13.7. The van der Waals surface area contributed by atoms with E-state index >= 15 is 0 Å². The van der Waals surface area contributed by atoms with Gasteiger partial charge < -0.3 is 10.6 Å². The molecule has 0 bridgehead atoms. The Morgan fingerprint density at radius 2 is 1.90 bits per heavy atom. The van der Waals surface area contributed by atoms with E-state index < -0.39 is 0 Å². The monoisotopic (exact) mass is 267 g/mol. The number of para-hydroxylation sites is 1. The van der Waals surface area contributed by atoms with Gasteiger partial charge in [0.25, 0.3) is 0 Å². The van der Waals surface area contributed by atoms with Gasteiger partial charge in [-0.05, 0) is 36.8 Å². The summed E-state index contributed by atoms with van der Waals surface area (Å²) >= 11 is 0. The highest BCUT2D eigenvalue weighted by Crippen LogP contribution is 2.42. The van der Waals surface area contributed by atoms with E-state index in [2.05, 4.69) is 4.90 Å². The first-order chi connectivity index (χ1) is 9.72. The van der Waals surface area contributed by atoms with Crippen LogP contribution in [0.1, 0.15) is 23.2 Å². The van der Waals surface area contributed by atoms with Gasteiger partial charge in [0.1, 0.15) is 5.82 Å². The second-order valence-electron chi connectivity index (χ2n) is 5.91. The molecule has 2 aromatic rings. The molecule has 1 aliphatic carbocycles. The summed E-state index contributed by atoms with van der Waals surface area (Å²) in [5.74, 6) is 2.15. The van der Waals surface area contributed by atoms with Gasteiger partial charge in [-0.3, -0.25) is 4.79 Å². The minimum Gasteiger partial charge on any atom is -0.366 e. The van der Waals surface area contributed by atoms with Crippen LogP contribution in [0.15, 0.2) is 30.3 Å². The van der Waals surface area contributed by atoms with Crippen molar-refractivity contribution in [2.45, 2.75) is 12.8 Å². The molecule has 1 aromatic carbocycles. The fraction of sp³-hybridized carbons (Fsp3) is 0.375. The highest BCUT2D eigenvalue weighted by Gasteiger charge is 2.39. The lowest BCUT2D eigenvalue weighted by molar-refractivity contribution is 0.100. The van der Waals surface area contributed by atoms with Crippen LogP contribution in [-0.4, -0.2) is 24.0 Å². The lowest BCUT2D eigenvalue weighted by Gasteiger charge is -2.27. The molecule has 1 saturated carbocycles. The zero-order valence-corrected chi connectivity index (χ0v) is 11.2. The minimum atomic E-state index is -0.382. The summed E-state index contributed by atoms with van der Waals surface area (Å²) in [5.41, 5.74) is 6.95. The molecule has 2 aliphatic rings. The van der Waals surface area contributed by atoms with Crippen molar-refractivity contribution >= 4 is 22.6 Å². The first kappa shape index (κ1) is 11.7. The molecule has 102 valence electrons. The maximum Gasteiger partial charge on any atom is 0.249 e. The highest BCUT2D eigenvalue weighted by molar-refractivity contribution is 6.06. The summed E-state index contributed by atoms with van der Waals surface area (Å²) in [4.78, 5) is 18.7. The van der Waals surface area contributed by atoms with Crippen molar-refractivity contribution in [3.63, 3.8) is 0 Å².